The van der Waals surface area contributed by atoms with Crippen LogP contribution in [0.25, 0.3) is 0 Å². The maximum atomic E-state index is 12.1. The molecule has 0 radical (unpaired) electrons. The van der Waals surface area contributed by atoms with Gasteiger partial charge >= 0.3 is 5.97 Å². The zero-order valence-corrected chi connectivity index (χ0v) is 13.2. The van der Waals surface area contributed by atoms with Crippen molar-refractivity contribution in [2.24, 2.45) is 0 Å². The fraction of sp³-hybridized carbons (Fsp3) is 0.158. The van der Waals surface area contributed by atoms with Crippen LogP contribution in [0.1, 0.15) is 21.5 Å². The number of aliphatic hydroxyl groups excluding tert-OH is 1. The first-order chi connectivity index (χ1) is 11.6. The van der Waals surface area contributed by atoms with E-state index in [1.165, 1.54) is 7.11 Å². The minimum atomic E-state index is -1.08. The number of aliphatic hydroxyl groups is 1. The second-order valence-corrected chi connectivity index (χ2v) is 4.93. The summed E-state index contributed by atoms with van der Waals surface area (Å²) in [7, 11) is 1.19. The highest BCUT2D eigenvalue weighted by atomic mass is 16.5. The maximum absolute atomic E-state index is 12.1. The molecule has 1 amide bonds. The number of hydrogen-bond acceptors (Lipinski definition) is 4. The van der Waals surface area contributed by atoms with Crippen LogP contribution in [0.2, 0.25) is 0 Å². The Bertz CT molecular complexity index is 757. The van der Waals surface area contributed by atoms with Crippen LogP contribution in [0.3, 0.4) is 0 Å². The molecule has 2 aromatic carbocycles. The first-order valence-corrected chi connectivity index (χ1v) is 7.30. The molecule has 122 valence electrons. The highest BCUT2D eigenvalue weighted by Crippen LogP contribution is 2.05. The number of amides is 1. The average Bonchev–Trinajstić information content (AvgIpc) is 2.64. The molecule has 2 aromatic rings. The van der Waals surface area contributed by atoms with E-state index in [4.69, 9.17) is 5.11 Å². The van der Waals surface area contributed by atoms with Gasteiger partial charge in [0.15, 0.2) is 6.04 Å². The van der Waals surface area contributed by atoms with E-state index in [0.29, 0.717) is 5.56 Å². The van der Waals surface area contributed by atoms with Crippen molar-refractivity contribution >= 4 is 11.9 Å². The van der Waals surface area contributed by atoms with E-state index in [-0.39, 0.29) is 0 Å². The lowest BCUT2D eigenvalue weighted by atomic mass is 10.1. The lowest BCUT2D eigenvalue weighted by Crippen LogP contribution is -2.44. The monoisotopic (exact) mass is 323 g/mol. The molecular formula is C19H17NO4. The average molecular weight is 323 g/mol. The number of ether oxygens (including phenoxy) is 1. The number of esters is 1. The molecule has 0 aliphatic carbocycles. The van der Waals surface area contributed by atoms with E-state index in [2.05, 4.69) is 21.9 Å². The van der Waals surface area contributed by atoms with E-state index in [1.807, 2.05) is 30.3 Å². The van der Waals surface area contributed by atoms with Crippen LogP contribution in [0.15, 0.2) is 54.6 Å². The smallest absolute Gasteiger partial charge is 0.330 e. The van der Waals surface area contributed by atoms with E-state index < -0.39 is 24.5 Å². The number of benzene rings is 2. The predicted octanol–water partition coefficient (Wildman–Crippen LogP) is 1.35. The fourth-order valence-electron chi connectivity index (χ4n) is 1.93. The lowest BCUT2D eigenvalue weighted by Gasteiger charge is -2.13. The third kappa shape index (κ3) is 4.70. The van der Waals surface area contributed by atoms with Gasteiger partial charge in [-0.1, -0.05) is 30.0 Å². The summed E-state index contributed by atoms with van der Waals surface area (Å²) in [5.74, 6) is 4.87. The molecule has 0 aliphatic heterocycles. The van der Waals surface area contributed by atoms with Gasteiger partial charge < -0.3 is 15.2 Å². The normalized spacial score (nSPS) is 10.9. The van der Waals surface area contributed by atoms with Crippen LogP contribution in [0.5, 0.6) is 0 Å². The van der Waals surface area contributed by atoms with Crippen LogP contribution >= 0.6 is 0 Å². The molecule has 5 heteroatoms. The Morgan fingerprint density at radius 3 is 2.17 bits per heavy atom. The van der Waals surface area contributed by atoms with Crippen molar-refractivity contribution in [1.29, 1.82) is 0 Å². The van der Waals surface area contributed by atoms with E-state index in [9.17, 15) is 9.59 Å². The van der Waals surface area contributed by atoms with Gasteiger partial charge in [0, 0.05) is 16.7 Å². The number of methoxy groups -OCH3 is 1. The SMILES string of the molecule is COC(=O)[C@@H](CO)NC(=O)c1ccc(C#Cc2ccccc2)cc1. The van der Waals surface area contributed by atoms with Gasteiger partial charge in [-0.15, -0.1) is 0 Å². The van der Waals surface area contributed by atoms with Gasteiger partial charge in [0.1, 0.15) is 0 Å². The van der Waals surface area contributed by atoms with Crippen molar-refractivity contribution in [3.63, 3.8) is 0 Å². The third-order valence-electron chi connectivity index (χ3n) is 3.25. The summed E-state index contributed by atoms with van der Waals surface area (Å²) in [6.45, 7) is -0.529. The van der Waals surface area contributed by atoms with Gasteiger partial charge in [-0.05, 0) is 36.4 Å². The van der Waals surface area contributed by atoms with Gasteiger partial charge in [-0.2, -0.15) is 0 Å². The van der Waals surface area contributed by atoms with Gasteiger partial charge in [-0.25, -0.2) is 4.79 Å². The molecule has 0 saturated carbocycles. The fourth-order valence-corrected chi connectivity index (χ4v) is 1.93. The van der Waals surface area contributed by atoms with Gasteiger partial charge in [0.25, 0.3) is 5.91 Å². The number of rotatable bonds is 4. The largest absolute Gasteiger partial charge is 0.467 e. The summed E-state index contributed by atoms with van der Waals surface area (Å²) in [5.41, 5.74) is 2.04. The van der Waals surface area contributed by atoms with Gasteiger partial charge in [-0.3, -0.25) is 4.79 Å². The Morgan fingerprint density at radius 1 is 1.04 bits per heavy atom. The van der Waals surface area contributed by atoms with Gasteiger partial charge in [0.2, 0.25) is 0 Å². The van der Waals surface area contributed by atoms with Crippen LogP contribution in [-0.4, -0.2) is 36.7 Å². The van der Waals surface area contributed by atoms with Crippen molar-refractivity contribution in [3.05, 3.63) is 71.3 Å². The first kappa shape index (κ1) is 17.3. The third-order valence-corrected chi connectivity index (χ3v) is 3.25. The molecule has 5 nitrogen and oxygen atoms in total. The highest BCUT2D eigenvalue weighted by Gasteiger charge is 2.20. The summed E-state index contributed by atoms with van der Waals surface area (Å²) >= 11 is 0. The molecule has 2 N–H and O–H groups in total. The predicted molar refractivity (Wildman–Crippen MR) is 89.2 cm³/mol. The lowest BCUT2D eigenvalue weighted by molar-refractivity contribution is -0.143. The zero-order chi connectivity index (χ0) is 17.4. The van der Waals surface area contributed by atoms with Crippen LogP contribution in [-0.2, 0) is 9.53 Å². The summed E-state index contributed by atoms with van der Waals surface area (Å²) in [6.07, 6.45) is 0. The summed E-state index contributed by atoms with van der Waals surface area (Å²) in [5, 5.41) is 11.5. The van der Waals surface area contributed by atoms with Crippen LogP contribution in [0.4, 0.5) is 0 Å². The van der Waals surface area contributed by atoms with E-state index in [1.54, 1.807) is 24.3 Å². The molecule has 0 aromatic heterocycles. The maximum Gasteiger partial charge on any atom is 0.330 e. The van der Waals surface area contributed by atoms with Crippen molar-refractivity contribution in [1.82, 2.24) is 5.32 Å². The first-order valence-electron chi connectivity index (χ1n) is 7.30. The molecule has 2 rings (SSSR count). The summed E-state index contributed by atoms with van der Waals surface area (Å²) in [4.78, 5) is 23.4. The molecule has 24 heavy (non-hydrogen) atoms. The number of carbonyl (C=O) groups is 2. The minimum Gasteiger partial charge on any atom is -0.467 e. The Kier molecular flexibility index (Phi) is 6.12. The Morgan fingerprint density at radius 2 is 1.62 bits per heavy atom. The molecular weight excluding hydrogens is 306 g/mol. The molecule has 1 atom stereocenters. The van der Waals surface area contributed by atoms with E-state index >= 15 is 0 Å². The topological polar surface area (TPSA) is 75.6 Å². The molecule has 0 bridgehead atoms. The zero-order valence-electron chi connectivity index (χ0n) is 13.2. The molecule has 0 aliphatic rings. The van der Waals surface area contributed by atoms with Crippen molar-refractivity contribution in [3.8, 4) is 11.8 Å². The van der Waals surface area contributed by atoms with Crippen LogP contribution < -0.4 is 5.32 Å². The van der Waals surface area contributed by atoms with Crippen molar-refractivity contribution in [2.45, 2.75) is 6.04 Å². The highest BCUT2D eigenvalue weighted by molar-refractivity contribution is 5.96. The van der Waals surface area contributed by atoms with Crippen molar-refractivity contribution < 1.29 is 19.4 Å². The molecule has 0 spiro atoms. The summed E-state index contributed by atoms with van der Waals surface area (Å²) in [6, 6.07) is 15.1. The summed E-state index contributed by atoms with van der Waals surface area (Å²) < 4.78 is 4.50. The second-order valence-electron chi connectivity index (χ2n) is 4.93. The second kappa shape index (κ2) is 8.51. The molecule has 0 fully saturated rings. The quantitative estimate of drug-likeness (QED) is 0.658. The Balaban J connectivity index is 2.05. The van der Waals surface area contributed by atoms with Gasteiger partial charge in [0.05, 0.1) is 13.7 Å². The van der Waals surface area contributed by atoms with Crippen molar-refractivity contribution in [2.75, 3.05) is 13.7 Å². The molecule has 0 unspecified atom stereocenters. The van der Waals surface area contributed by atoms with Crippen LogP contribution in [0, 0.1) is 11.8 Å². The number of carbonyl (C=O) groups excluding carboxylic acids is 2. The minimum absolute atomic E-state index is 0.364. The number of nitrogens with one attached hydrogen (secondary N) is 1. The van der Waals surface area contributed by atoms with E-state index in [0.717, 1.165) is 11.1 Å². The molecule has 0 saturated heterocycles. The number of hydrogen-bond donors (Lipinski definition) is 2. The standard InChI is InChI=1S/C19H17NO4/c1-24-19(23)17(13-21)20-18(22)16-11-9-15(10-12-16)8-7-14-5-3-2-4-6-14/h2-6,9-12,17,21H,13H2,1H3,(H,20,22)/t17-/m1/s1. The Labute approximate surface area is 140 Å². The molecule has 0 heterocycles. The Hall–Kier alpha value is -3.10.